The number of aliphatic hydroxyl groups excluding tert-OH is 1. The maximum absolute atomic E-state index is 8.06. The van der Waals surface area contributed by atoms with Crippen LogP contribution in [-0.4, -0.2) is 66.5 Å². The number of aliphatic hydroxyl groups is 1. The van der Waals surface area contributed by atoms with E-state index in [0.717, 1.165) is 0 Å². The van der Waals surface area contributed by atoms with E-state index in [4.69, 9.17) is 14.7 Å². The van der Waals surface area contributed by atoms with Crippen molar-refractivity contribution in [1.29, 1.82) is 0 Å². The van der Waals surface area contributed by atoms with E-state index in [1.54, 1.807) is 38.2 Å². The molecule has 0 aliphatic carbocycles. The lowest BCUT2D eigenvalue weighted by Crippen LogP contribution is -2.05. The molecule has 26 heavy (non-hydrogen) atoms. The van der Waals surface area contributed by atoms with Crippen molar-refractivity contribution >= 4 is 17.0 Å². The molecule has 0 saturated carbocycles. The number of anilines is 1. The highest BCUT2D eigenvalue weighted by Crippen LogP contribution is 2.21. The highest BCUT2D eigenvalue weighted by molar-refractivity contribution is 5.83. The summed E-state index contributed by atoms with van der Waals surface area (Å²) in [6, 6.07) is 0. The second-order valence-corrected chi connectivity index (χ2v) is 5.49. The van der Waals surface area contributed by atoms with E-state index in [1.165, 1.54) is 0 Å². The molecule has 0 aromatic carbocycles. The molecule has 0 amide bonds. The van der Waals surface area contributed by atoms with Gasteiger partial charge < -0.3 is 14.8 Å². The van der Waals surface area contributed by atoms with E-state index in [0.29, 0.717) is 48.3 Å². The Hall–Kier alpha value is -2.63. The molecule has 3 aromatic rings. The molecular weight excluding hydrogens is 340 g/mol. The first kappa shape index (κ1) is 19.7. The molecule has 0 atom stereocenters. The number of nitrogens with one attached hydrogen (secondary N) is 2. The fourth-order valence-corrected chi connectivity index (χ4v) is 1.86. The predicted octanol–water partition coefficient (Wildman–Crippen LogP) is 1.01. The number of aromatic nitrogens is 7. The molecule has 0 aliphatic heterocycles. The monoisotopic (exact) mass is 364 g/mol. The molecule has 0 spiro atoms. The third kappa shape index (κ3) is 5.44. The SMILES string of the molecule is CC(C)O.CCONc1nc(-c2cn(CCOC)nn2)nc2nc[nH]c12. The van der Waals surface area contributed by atoms with E-state index < -0.39 is 0 Å². The zero-order chi connectivity index (χ0) is 18.9. The molecule has 0 saturated heterocycles. The summed E-state index contributed by atoms with van der Waals surface area (Å²) in [6.07, 6.45) is 3.15. The zero-order valence-electron chi connectivity index (χ0n) is 15.3. The summed E-state index contributed by atoms with van der Waals surface area (Å²) in [4.78, 5) is 21.1. The van der Waals surface area contributed by atoms with Crippen molar-refractivity contribution in [1.82, 2.24) is 34.9 Å². The Kier molecular flexibility index (Phi) is 7.38. The van der Waals surface area contributed by atoms with Gasteiger partial charge in [0.15, 0.2) is 23.0 Å². The number of nitrogens with zero attached hydrogens (tertiary/aromatic N) is 6. The maximum atomic E-state index is 8.06. The summed E-state index contributed by atoms with van der Waals surface area (Å²) in [5.74, 6) is 0.927. The Morgan fingerprint density at radius 3 is 2.81 bits per heavy atom. The van der Waals surface area contributed by atoms with E-state index in [2.05, 4.69) is 35.7 Å². The summed E-state index contributed by atoms with van der Waals surface area (Å²) in [7, 11) is 1.64. The molecule has 11 nitrogen and oxygen atoms in total. The molecule has 0 bridgehead atoms. The average molecular weight is 364 g/mol. The van der Waals surface area contributed by atoms with E-state index in [-0.39, 0.29) is 6.10 Å². The highest BCUT2D eigenvalue weighted by Gasteiger charge is 2.14. The van der Waals surface area contributed by atoms with Gasteiger partial charge in [-0.3, -0.25) is 4.84 Å². The molecule has 3 rings (SSSR count). The van der Waals surface area contributed by atoms with Gasteiger partial charge in [-0.25, -0.2) is 25.1 Å². The molecule has 0 unspecified atom stereocenters. The maximum Gasteiger partial charge on any atom is 0.186 e. The van der Waals surface area contributed by atoms with Crippen LogP contribution in [0, 0.1) is 0 Å². The van der Waals surface area contributed by atoms with Crippen LogP contribution in [-0.2, 0) is 16.1 Å². The van der Waals surface area contributed by atoms with Crippen LogP contribution in [0.5, 0.6) is 0 Å². The second kappa shape index (κ2) is 9.75. The normalized spacial score (nSPS) is 10.8. The van der Waals surface area contributed by atoms with Gasteiger partial charge in [0.2, 0.25) is 0 Å². The molecule has 142 valence electrons. The molecule has 3 heterocycles. The lowest BCUT2D eigenvalue weighted by Gasteiger charge is -2.05. The van der Waals surface area contributed by atoms with Crippen LogP contribution in [0.2, 0.25) is 0 Å². The van der Waals surface area contributed by atoms with Crippen molar-refractivity contribution in [2.75, 3.05) is 25.8 Å². The number of imidazole rings is 1. The van der Waals surface area contributed by atoms with Crippen LogP contribution in [0.1, 0.15) is 20.8 Å². The van der Waals surface area contributed by atoms with Crippen molar-refractivity contribution in [3.8, 4) is 11.5 Å². The molecule has 0 aliphatic rings. The number of fused-ring (bicyclic) bond motifs is 1. The summed E-state index contributed by atoms with van der Waals surface area (Å²) >= 11 is 0. The quantitative estimate of drug-likeness (QED) is 0.525. The number of H-pyrrole nitrogens is 1. The van der Waals surface area contributed by atoms with Gasteiger partial charge in [-0.05, 0) is 20.8 Å². The number of ether oxygens (including phenoxy) is 1. The standard InChI is InChI=1S/C12H16N8O2.C3H8O/c1-3-22-18-12-9-11(14-7-13-9)15-10(16-12)8-6-20(19-17-8)4-5-21-2;1-3(2)4/h6-7H,3-5H2,1-2H3,(H2,13,14,15,16,18);3-4H,1-2H3. The van der Waals surface area contributed by atoms with Crippen molar-refractivity contribution in [3.63, 3.8) is 0 Å². The summed E-state index contributed by atoms with van der Waals surface area (Å²) in [5, 5.41) is 16.1. The van der Waals surface area contributed by atoms with Crippen LogP contribution in [0.4, 0.5) is 5.82 Å². The van der Waals surface area contributed by atoms with Crippen LogP contribution in [0.3, 0.4) is 0 Å². The number of hydrogen-bond acceptors (Lipinski definition) is 9. The molecule has 3 N–H and O–H groups in total. The van der Waals surface area contributed by atoms with Gasteiger partial charge >= 0.3 is 0 Å². The summed E-state index contributed by atoms with van der Waals surface area (Å²) in [5.41, 5.74) is 4.53. The average Bonchev–Trinajstić information content (AvgIpc) is 3.26. The highest BCUT2D eigenvalue weighted by atomic mass is 16.6. The number of aromatic amines is 1. The van der Waals surface area contributed by atoms with E-state index in [9.17, 15) is 0 Å². The van der Waals surface area contributed by atoms with Gasteiger partial charge in [0.1, 0.15) is 5.52 Å². The number of methoxy groups -OCH3 is 1. The van der Waals surface area contributed by atoms with Gasteiger partial charge in [0.25, 0.3) is 0 Å². The lowest BCUT2D eigenvalue weighted by atomic mass is 10.4. The Morgan fingerprint density at radius 1 is 1.35 bits per heavy atom. The van der Waals surface area contributed by atoms with Gasteiger partial charge in [-0.15, -0.1) is 5.10 Å². The summed E-state index contributed by atoms with van der Waals surface area (Å²) in [6.45, 7) is 6.99. The van der Waals surface area contributed by atoms with Gasteiger partial charge in [0.05, 0.1) is 32.3 Å². The Bertz CT molecular complexity index is 798. The first-order valence-electron chi connectivity index (χ1n) is 8.21. The summed E-state index contributed by atoms with van der Waals surface area (Å²) < 4.78 is 6.68. The molecule has 0 radical (unpaired) electrons. The van der Waals surface area contributed by atoms with Crippen molar-refractivity contribution in [3.05, 3.63) is 12.5 Å². The first-order valence-corrected chi connectivity index (χ1v) is 8.21. The van der Waals surface area contributed by atoms with Crippen LogP contribution < -0.4 is 5.48 Å². The van der Waals surface area contributed by atoms with Gasteiger partial charge in [-0.2, -0.15) is 0 Å². The molecule has 0 fully saturated rings. The lowest BCUT2D eigenvalue weighted by molar-refractivity contribution is 0.183. The van der Waals surface area contributed by atoms with E-state index >= 15 is 0 Å². The van der Waals surface area contributed by atoms with Crippen molar-refractivity contribution in [2.45, 2.75) is 33.4 Å². The minimum absolute atomic E-state index is 0.167. The van der Waals surface area contributed by atoms with Crippen LogP contribution in [0.15, 0.2) is 12.5 Å². The largest absolute Gasteiger partial charge is 0.394 e. The van der Waals surface area contributed by atoms with Crippen molar-refractivity contribution < 1.29 is 14.7 Å². The Balaban J connectivity index is 0.000000552. The van der Waals surface area contributed by atoms with E-state index in [1.807, 2.05) is 6.92 Å². The fourth-order valence-electron chi connectivity index (χ4n) is 1.86. The Labute approximate surface area is 150 Å². The van der Waals surface area contributed by atoms with Gasteiger partial charge in [-0.1, -0.05) is 5.21 Å². The number of hydrogen-bond donors (Lipinski definition) is 3. The first-order chi connectivity index (χ1) is 12.5. The smallest absolute Gasteiger partial charge is 0.186 e. The van der Waals surface area contributed by atoms with Crippen LogP contribution >= 0.6 is 0 Å². The van der Waals surface area contributed by atoms with Gasteiger partial charge in [0, 0.05) is 13.2 Å². The minimum atomic E-state index is -0.167. The fraction of sp³-hybridized carbons (Fsp3) is 0.533. The second-order valence-electron chi connectivity index (χ2n) is 5.49. The predicted molar refractivity (Wildman–Crippen MR) is 95.2 cm³/mol. The molecular formula is C15H24N8O3. The Morgan fingerprint density at radius 2 is 2.12 bits per heavy atom. The molecule has 11 heteroatoms. The van der Waals surface area contributed by atoms with Crippen LogP contribution in [0.25, 0.3) is 22.7 Å². The minimum Gasteiger partial charge on any atom is -0.394 e. The zero-order valence-corrected chi connectivity index (χ0v) is 15.3. The molecule has 3 aromatic heterocycles. The number of rotatable bonds is 7. The third-order valence-electron chi connectivity index (χ3n) is 2.89. The van der Waals surface area contributed by atoms with Crippen molar-refractivity contribution in [2.24, 2.45) is 0 Å². The third-order valence-corrected chi connectivity index (χ3v) is 2.89. The topological polar surface area (TPSA) is 136 Å².